The molecule has 0 amide bonds. The van der Waals surface area contributed by atoms with Crippen molar-refractivity contribution in [3.8, 4) is 41.1 Å². The first-order chi connectivity index (χ1) is 22.8. The van der Waals surface area contributed by atoms with Gasteiger partial charge >= 0.3 is 0 Å². The first-order valence-corrected chi connectivity index (χ1v) is 16.3. The van der Waals surface area contributed by atoms with E-state index in [2.05, 4.69) is 25.7 Å². The van der Waals surface area contributed by atoms with Crippen molar-refractivity contribution in [3.05, 3.63) is 47.5 Å². The zero-order valence-corrected chi connectivity index (χ0v) is 25.8. The van der Waals surface area contributed by atoms with Crippen LogP contribution >= 0.6 is 0 Å². The number of phenolic OH excluding ortho intramolecular Hbond substituents is 1. The molecule has 0 aliphatic carbocycles. The summed E-state index contributed by atoms with van der Waals surface area (Å²) in [6.45, 7) is 1.50. The third-order valence-corrected chi connectivity index (χ3v) is 10.5. The number of hydrogen-bond donors (Lipinski definition) is 2. The summed E-state index contributed by atoms with van der Waals surface area (Å²) in [6.07, 6.45) is 10.3. The van der Waals surface area contributed by atoms with Crippen molar-refractivity contribution in [2.24, 2.45) is 0 Å². The van der Waals surface area contributed by atoms with E-state index in [9.17, 15) is 19.0 Å². The van der Waals surface area contributed by atoms with E-state index in [0.717, 1.165) is 45.1 Å². The largest absolute Gasteiger partial charge is 0.508 e. The molecule has 4 atom stereocenters. The van der Waals surface area contributed by atoms with Crippen LogP contribution in [-0.2, 0) is 0 Å². The number of halogens is 3. The van der Waals surface area contributed by atoms with Crippen molar-refractivity contribution in [2.75, 3.05) is 37.8 Å². The standard InChI is InChI=1S/C36H35F3N4O4/c1-2-25-27(38)9-8-20-12-24(45)13-26(30(20)25)33-32(39)34-31-28(43-22(17-44)6-3-4-7-23(43)18-46-35(31)41-33)14-29(40-34)47-19-36-10-5-11-42(36)16-21(37)15-36/h1,8-9,12-14,21-23,44-45H,3-7,10-11,15-19H2/t21-,22-,23+,36+/m1/s1. The number of terminal acetylenes is 1. The van der Waals surface area contributed by atoms with Gasteiger partial charge in [0.1, 0.15) is 42.2 Å². The molecule has 8 rings (SSSR count). The van der Waals surface area contributed by atoms with Gasteiger partial charge < -0.3 is 24.6 Å². The molecule has 2 aromatic carbocycles. The highest BCUT2D eigenvalue weighted by Crippen LogP contribution is 2.47. The first-order valence-electron chi connectivity index (χ1n) is 16.3. The molecular weight excluding hydrogens is 609 g/mol. The average Bonchev–Trinajstić information content (AvgIpc) is 3.43. The van der Waals surface area contributed by atoms with Crippen molar-refractivity contribution in [3.63, 3.8) is 0 Å². The van der Waals surface area contributed by atoms with Gasteiger partial charge in [0.05, 0.1) is 40.9 Å². The third kappa shape index (κ3) is 4.83. The number of ether oxygens (including phenoxy) is 2. The minimum atomic E-state index is -0.933. The molecule has 0 unspecified atom stereocenters. The maximum Gasteiger partial charge on any atom is 0.225 e. The lowest BCUT2D eigenvalue weighted by Crippen LogP contribution is -2.46. The molecule has 0 radical (unpaired) electrons. The maximum absolute atomic E-state index is 17.1. The van der Waals surface area contributed by atoms with E-state index in [-0.39, 0.29) is 77.1 Å². The Labute approximate surface area is 270 Å². The van der Waals surface area contributed by atoms with Crippen molar-refractivity contribution in [2.45, 2.75) is 68.7 Å². The van der Waals surface area contributed by atoms with Gasteiger partial charge in [0.25, 0.3) is 0 Å². The van der Waals surface area contributed by atoms with Crippen LogP contribution in [0.1, 0.15) is 50.5 Å². The smallest absolute Gasteiger partial charge is 0.225 e. The van der Waals surface area contributed by atoms with E-state index in [4.69, 9.17) is 15.9 Å². The van der Waals surface area contributed by atoms with Gasteiger partial charge in [0, 0.05) is 30.0 Å². The summed E-state index contributed by atoms with van der Waals surface area (Å²) >= 11 is 0. The van der Waals surface area contributed by atoms with E-state index < -0.39 is 23.3 Å². The zero-order chi connectivity index (χ0) is 32.4. The van der Waals surface area contributed by atoms with E-state index in [1.807, 2.05) is 0 Å². The highest BCUT2D eigenvalue weighted by Gasteiger charge is 2.49. The molecule has 0 spiro atoms. The van der Waals surface area contributed by atoms with E-state index >= 15 is 4.39 Å². The second-order valence-corrected chi connectivity index (χ2v) is 13.3. The van der Waals surface area contributed by atoms with Crippen LogP contribution in [0.25, 0.3) is 32.9 Å². The van der Waals surface area contributed by atoms with Gasteiger partial charge in [-0.1, -0.05) is 24.8 Å². The normalized spacial score (nSPS) is 25.6. The predicted octanol–water partition coefficient (Wildman–Crippen LogP) is 5.87. The van der Waals surface area contributed by atoms with Gasteiger partial charge in [-0.2, -0.15) is 0 Å². The Morgan fingerprint density at radius 1 is 1.11 bits per heavy atom. The molecule has 11 heteroatoms. The number of rotatable bonds is 5. The van der Waals surface area contributed by atoms with Gasteiger partial charge in [0.15, 0.2) is 5.82 Å². The number of aliphatic hydroxyl groups excluding tert-OH is 1. The lowest BCUT2D eigenvalue weighted by molar-refractivity contribution is 0.111. The summed E-state index contributed by atoms with van der Waals surface area (Å²) in [4.78, 5) is 13.6. The Morgan fingerprint density at radius 2 is 1.96 bits per heavy atom. The molecule has 4 aliphatic rings. The predicted molar refractivity (Wildman–Crippen MR) is 172 cm³/mol. The van der Waals surface area contributed by atoms with Crippen molar-refractivity contribution >= 4 is 27.4 Å². The number of benzene rings is 2. The van der Waals surface area contributed by atoms with Crippen LogP contribution in [0.3, 0.4) is 0 Å². The highest BCUT2D eigenvalue weighted by molar-refractivity contribution is 6.04. The molecule has 2 N–H and O–H groups in total. The molecule has 2 aromatic heterocycles. The molecule has 3 saturated heterocycles. The van der Waals surface area contributed by atoms with Crippen LogP contribution in [0.5, 0.6) is 17.5 Å². The minimum Gasteiger partial charge on any atom is -0.508 e. The third-order valence-electron chi connectivity index (χ3n) is 10.5. The van der Waals surface area contributed by atoms with Crippen molar-refractivity contribution in [1.29, 1.82) is 0 Å². The van der Waals surface area contributed by atoms with Crippen molar-refractivity contribution in [1.82, 2.24) is 14.9 Å². The summed E-state index contributed by atoms with van der Waals surface area (Å²) in [5.41, 5.74) is -0.140. The topological polar surface area (TPSA) is 91.2 Å². The summed E-state index contributed by atoms with van der Waals surface area (Å²) in [5, 5.41) is 22.1. The lowest BCUT2D eigenvalue weighted by Gasteiger charge is -2.36. The summed E-state index contributed by atoms with van der Waals surface area (Å²) < 4.78 is 59.3. The Balaban J connectivity index is 1.35. The molecule has 3 fully saturated rings. The molecule has 4 aromatic rings. The number of phenols is 1. The molecule has 6 heterocycles. The fourth-order valence-corrected chi connectivity index (χ4v) is 8.41. The Hall–Kier alpha value is -4.27. The maximum atomic E-state index is 17.1. The summed E-state index contributed by atoms with van der Waals surface area (Å²) in [7, 11) is 0. The van der Waals surface area contributed by atoms with Gasteiger partial charge in [-0.25, -0.2) is 23.1 Å². The Bertz CT molecular complexity index is 1950. The fraction of sp³-hybridized carbons (Fsp3) is 0.444. The molecule has 8 nitrogen and oxygen atoms in total. The molecule has 0 saturated carbocycles. The Morgan fingerprint density at radius 3 is 2.79 bits per heavy atom. The minimum absolute atomic E-state index is 0.0789. The number of aliphatic hydroxyl groups is 1. The molecule has 244 valence electrons. The van der Waals surface area contributed by atoms with Crippen LogP contribution in [0, 0.1) is 24.0 Å². The lowest BCUT2D eigenvalue weighted by atomic mass is 9.95. The second kappa shape index (κ2) is 11.5. The van der Waals surface area contributed by atoms with Gasteiger partial charge in [-0.15, -0.1) is 6.42 Å². The second-order valence-electron chi connectivity index (χ2n) is 13.3. The van der Waals surface area contributed by atoms with Crippen LogP contribution < -0.4 is 14.4 Å². The number of fused-ring (bicyclic) bond motifs is 4. The average molecular weight is 645 g/mol. The highest BCUT2D eigenvalue weighted by atomic mass is 19.1. The number of aromatic nitrogens is 2. The van der Waals surface area contributed by atoms with Crippen LogP contribution in [-0.4, -0.2) is 81.8 Å². The SMILES string of the molecule is C#Cc1c(F)ccc2cc(O)cc(-c3nc4c5c(cc(OC[C@@]67CCCN6C[C@H](F)C7)nc5c3F)N3[C@@H](CO)CCCC[C@H]3CO4)c12. The quantitative estimate of drug-likeness (QED) is 0.261. The zero-order valence-electron chi connectivity index (χ0n) is 25.8. The van der Waals surface area contributed by atoms with E-state index in [1.54, 1.807) is 6.07 Å². The molecule has 4 aliphatic heterocycles. The number of alkyl halides is 1. The van der Waals surface area contributed by atoms with E-state index in [0.29, 0.717) is 29.4 Å². The first kappa shape index (κ1) is 30.1. The number of aromatic hydroxyl groups is 1. The molecule has 0 bridgehead atoms. The monoisotopic (exact) mass is 644 g/mol. The molecule has 47 heavy (non-hydrogen) atoms. The van der Waals surface area contributed by atoms with Crippen LogP contribution in [0.2, 0.25) is 0 Å². The number of nitrogens with zero attached hydrogens (tertiary/aromatic N) is 4. The van der Waals surface area contributed by atoms with Gasteiger partial charge in [-0.05, 0) is 55.8 Å². The van der Waals surface area contributed by atoms with Crippen LogP contribution in [0.15, 0.2) is 30.3 Å². The van der Waals surface area contributed by atoms with Gasteiger partial charge in [0.2, 0.25) is 11.8 Å². The van der Waals surface area contributed by atoms with E-state index in [1.165, 1.54) is 24.3 Å². The number of pyridine rings is 2. The molecular formula is C36H35F3N4O4. The van der Waals surface area contributed by atoms with Crippen molar-refractivity contribution < 1.29 is 32.9 Å². The number of anilines is 1. The van der Waals surface area contributed by atoms with Gasteiger partial charge in [-0.3, -0.25) is 4.90 Å². The fourth-order valence-electron chi connectivity index (χ4n) is 8.41. The number of hydrogen-bond acceptors (Lipinski definition) is 8. The Kier molecular flexibility index (Phi) is 7.33. The summed E-state index contributed by atoms with van der Waals surface area (Å²) in [5.74, 6) is 1.00. The van der Waals surface area contributed by atoms with Crippen LogP contribution in [0.4, 0.5) is 18.9 Å². The summed E-state index contributed by atoms with van der Waals surface area (Å²) in [6, 6.07) is 6.78.